The molecule has 4 nitrogen and oxygen atoms in total. The molecule has 126 valence electrons. The Labute approximate surface area is 147 Å². The van der Waals surface area contributed by atoms with E-state index in [9.17, 15) is 0 Å². The summed E-state index contributed by atoms with van der Waals surface area (Å²) in [5, 5.41) is 0.562. The highest BCUT2D eigenvalue weighted by molar-refractivity contribution is 6.31. The van der Waals surface area contributed by atoms with Crippen molar-refractivity contribution in [3.63, 3.8) is 0 Å². The first kappa shape index (κ1) is 15.9. The second-order valence-corrected chi connectivity index (χ2v) is 6.83. The highest BCUT2D eigenvalue weighted by atomic mass is 35.5. The van der Waals surface area contributed by atoms with Crippen molar-refractivity contribution in [1.29, 1.82) is 0 Å². The van der Waals surface area contributed by atoms with Gasteiger partial charge in [0.25, 0.3) is 0 Å². The number of fused-ring (bicyclic) bond motifs is 1. The second-order valence-electron chi connectivity index (χ2n) is 6.42. The van der Waals surface area contributed by atoms with E-state index in [4.69, 9.17) is 21.1 Å². The summed E-state index contributed by atoms with van der Waals surface area (Å²) in [5.41, 5.74) is 2.66. The number of hydrogen-bond donors (Lipinski definition) is 0. The molecule has 1 aliphatic carbocycles. The van der Waals surface area contributed by atoms with E-state index in [1.807, 2.05) is 6.07 Å². The first-order chi connectivity index (χ1) is 11.8. The molecule has 1 aromatic heterocycles. The maximum atomic E-state index is 6.36. The normalized spacial score (nSPS) is 23.9. The Kier molecular flexibility index (Phi) is 4.69. The summed E-state index contributed by atoms with van der Waals surface area (Å²) in [6.45, 7) is 4.65. The Balaban J connectivity index is 1.57. The van der Waals surface area contributed by atoms with Gasteiger partial charge in [-0.3, -0.25) is 9.88 Å². The molecule has 2 heterocycles. The van der Waals surface area contributed by atoms with Crippen molar-refractivity contribution < 1.29 is 9.47 Å². The second kappa shape index (κ2) is 7.09. The number of aromatic nitrogens is 1. The van der Waals surface area contributed by atoms with Crippen LogP contribution in [0, 0.1) is 5.92 Å². The van der Waals surface area contributed by atoms with Crippen LogP contribution in [0.2, 0.25) is 5.02 Å². The maximum absolute atomic E-state index is 6.36. The first-order valence-corrected chi connectivity index (χ1v) is 8.83. The van der Waals surface area contributed by atoms with Crippen LogP contribution < -0.4 is 4.74 Å². The number of halogens is 1. The highest BCUT2D eigenvalue weighted by Crippen LogP contribution is 2.41. The predicted octanol–water partition coefficient (Wildman–Crippen LogP) is 3.36. The van der Waals surface area contributed by atoms with Crippen LogP contribution in [-0.2, 0) is 11.2 Å². The molecule has 4 rings (SSSR count). The SMILES string of the molecule is Clc1cnccc1O[C@H]1c2ccccc2C[C@@H]1CN1CCOCC1. The molecule has 2 aromatic rings. The molecule has 0 unspecified atom stereocenters. The van der Waals surface area contributed by atoms with Gasteiger partial charge in [-0.15, -0.1) is 0 Å². The molecule has 24 heavy (non-hydrogen) atoms. The molecule has 1 fully saturated rings. The van der Waals surface area contributed by atoms with Gasteiger partial charge in [0, 0.05) is 44.0 Å². The molecule has 0 saturated carbocycles. The van der Waals surface area contributed by atoms with Gasteiger partial charge in [0.05, 0.1) is 13.2 Å². The quantitative estimate of drug-likeness (QED) is 0.851. The third kappa shape index (κ3) is 3.27. The van der Waals surface area contributed by atoms with E-state index in [1.165, 1.54) is 11.1 Å². The Morgan fingerprint density at radius 1 is 1.21 bits per heavy atom. The summed E-state index contributed by atoms with van der Waals surface area (Å²) < 4.78 is 11.8. The number of benzene rings is 1. The Bertz CT molecular complexity index is 703. The van der Waals surface area contributed by atoms with Crippen molar-refractivity contribution >= 4 is 11.6 Å². The number of ether oxygens (including phenoxy) is 2. The van der Waals surface area contributed by atoms with E-state index >= 15 is 0 Å². The summed E-state index contributed by atoms with van der Waals surface area (Å²) in [5.74, 6) is 1.13. The third-order valence-corrected chi connectivity index (χ3v) is 5.14. The number of rotatable bonds is 4. The van der Waals surface area contributed by atoms with Gasteiger partial charge >= 0.3 is 0 Å². The van der Waals surface area contributed by atoms with E-state index in [-0.39, 0.29) is 6.10 Å². The molecule has 1 saturated heterocycles. The fourth-order valence-electron chi connectivity index (χ4n) is 3.67. The molecular formula is C19H21ClN2O2. The third-order valence-electron chi connectivity index (χ3n) is 4.86. The predicted molar refractivity (Wildman–Crippen MR) is 93.5 cm³/mol. The Hall–Kier alpha value is -1.62. The van der Waals surface area contributed by atoms with E-state index < -0.39 is 0 Å². The molecule has 2 aliphatic rings. The van der Waals surface area contributed by atoms with E-state index in [2.05, 4.69) is 34.1 Å². The van der Waals surface area contributed by atoms with Crippen LogP contribution in [0.15, 0.2) is 42.7 Å². The van der Waals surface area contributed by atoms with Crippen molar-refractivity contribution in [2.45, 2.75) is 12.5 Å². The summed E-state index contributed by atoms with van der Waals surface area (Å²) in [4.78, 5) is 6.52. The van der Waals surface area contributed by atoms with Gasteiger partial charge in [-0.1, -0.05) is 35.9 Å². The van der Waals surface area contributed by atoms with Gasteiger partial charge in [-0.2, -0.15) is 0 Å². The highest BCUT2D eigenvalue weighted by Gasteiger charge is 2.35. The molecule has 0 radical (unpaired) electrons. The van der Waals surface area contributed by atoms with Crippen LogP contribution in [0.5, 0.6) is 5.75 Å². The van der Waals surface area contributed by atoms with Gasteiger partial charge in [0.15, 0.2) is 0 Å². The molecule has 0 amide bonds. The van der Waals surface area contributed by atoms with Crippen molar-refractivity contribution in [2.75, 3.05) is 32.8 Å². The lowest BCUT2D eigenvalue weighted by atomic mass is 10.0. The maximum Gasteiger partial charge on any atom is 0.141 e. The minimum Gasteiger partial charge on any atom is -0.484 e. The number of morpholine rings is 1. The minimum atomic E-state index is 0.0314. The van der Waals surface area contributed by atoms with Crippen LogP contribution in [0.4, 0.5) is 0 Å². The fourth-order valence-corrected chi connectivity index (χ4v) is 3.84. The van der Waals surface area contributed by atoms with Gasteiger partial charge in [-0.05, 0) is 17.5 Å². The number of nitrogens with zero attached hydrogens (tertiary/aromatic N) is 2. The molecule has 0 bridgehead atoms. The molecule has 5 heteroatoms. The zero-order chi connectivity index (χ0) is 16.4. The molecular weight excluding hydrogens is 324 g/mol. The average molecular weight is 345 g/mol. The van der Waals surface area contributed by atoms with Gasteiger partial charge in [0.2, 0.25) is 0 Å². The topological polar surface area (TPSA) is 34.6 Å². The Morgan fingerprint density at radius 3 is 2.88 bits per heavy atom. The average Bonchev–Trinajstić information content (AvgIpc) is 2.95. The zero-order valence-corrected chi connectivity index (χ0v) is 14.3. The fraction of sp³-hybridized carbons (Fsp3) is 0.421. The van der Waals surface area contributed by atoms with Crippen LogP contribution in [0.25, 0.3) is 0 Å². The van der Waals surface area contributed by atoms with Gasteiger partial charge < -0.3 is 9.47 Å². The summed E-state index contributed by atoms with van der Waals surface area (Å²) >= 11 is 6.25. The van der Waals surface area contributed by atoms with Crippen LogP contribution >= 0.6 is 11.6 Å². The standard InChI is InChI=1S/C19H21ClN2O2/c20-17-12-21-6-5-18(17)24-19-15(13-22-7-9-23-10-8-22)11-14-3-1-2-4-16(14)19/h1-6,12,15,19H,7-11,13H2/t15-,19-/m1/s1. The summed E-state index contributed by atoms with van der Waals surface area (Å²) in [7, 11) is 0. The molecule has 0 spiro atoms. The van der Waals surface area contributed by atoms with E-state index in [1.54, 1.807) is 12.4 Å². The first-order valence-electron chi connectivity index (χ1n) is 8.45. The largest absolute Gasteiger partial charge is 0.484 e. The van der Waals surface area contributed by atoms with Crippen molar-refractivity contribution in [3.05, 3.63) is 58.9 Å². The lowest BCUT2D eigenvalue weighted by Gasteiger charge is -2.31. The lowest BCUT2D eigenvalue weighted by Crippen LogP contribution is -2.40. The number of hydrogen-bond acceptors (Lipinski definition) is 4. The lowest BCUT2D eigenvalue weighted by molar-refractivity contribution is 0.0192. The Morgan fingerprint density at radius 2 is 2.04 bits per heavy atom. The van der Waals surface area contributed by atoms with Crippen LogP contribution in [-0.4, -0.2) is 42.7 Å². The van der Waals surface area contributed by atoms with Gasteiger partial charge in [0.1, 0.15) is 16.9 Å². The van der Waals surface area contributed by atoms with Crippen molar-refractivity contribution in [3.8, 4) is 5.75 Å². The summed E-state index contributed by atoms with van der Waals surface area (Å²) in [6, 6.07) is 10.4. The summed E-state index contributed by atoms with van der Waals surface area (Å²) in [6.07, 6.45) is 4.43. The molecule has 0 N–H and O–H groups in total. The molecule has 1 aliphatic heterocycles. The van der Waals surface area contributed by atoms with Gasteiger partial charge in [-0.25, -0.2) is 0 Å². The van der Waals surface area contributed by atoms with E-state index in [0.717, 1.165) is 39.3 Å². The molecule has 2 atom stereocenters. The van der Waals surface area contributed by atoms with Crippen LogP contribution in [0.3, 0.4) is 0 Å². The zero-order valence-electron chi connectivity index (χ0n) is 13.5. The number of pyridine rings is 1. The van der Waals surface area contributed by atoms with Crippen molar-refractivity contribution in [2.24, 2.45) is 5.92 Å². The molecule has 1 aromatic carbocycles. The smallest absolute Gasteiger partial charge is 0.141 e. The van der Waals surface area contributed by atoms with Crippen molar-refractivity contribution in [1.82, 2.24) is 9.88 Å². The van der Waals surface area contributed by atoms with E-state index in [0.29, 0.717) is 16.7 Å². The van der Waals surface area contributed by atoms with Crippen LogP contribution in [0.1, 0.15) is 17.2 Å². The monoisotopic (exact) mass is 344 g/mol. The minimum absolute atomic E-state index is 0.0314.